The lowest BCUT2D eigenvalue weighted by Gasteiger charge is -1.96. The van der Waals surface area contributed by atoms with Gasteiger partial charge in [-0.15, -0.1) is 0 Å². The summed E-state index contributed by atoms with van der Waals surface area (Å²) >= 11 is 0. The standard InChI is InChI=1S/C9H13NO3S.BrH/c11-14(12,13)9-5-4-8-10-6-2-1-3-7-10;/h1-3,6-7H,4-5,8-9H2;1H. The summed E-state index contributed by atoms with van der Waals surface area (Å²) in [6.45, 7) is 0.774. The molecular weight excluding hydrogens is 282 g/mol. The van der Waals surface area contributed by atoms with Crippen LogP contribution in [0.4, 0.5) is 0 Å². The van der Waals surface area contributed by atoms with E-state index in [1.807, 2.05) is 35.2 Å². The summed E-state index contributed by atoms with van der Waals surface area (Å²) in [4.78, 5) is 0. The molecule has 1 N–H and O–H groups in total. The van der Waals surface area contributed by atoms with E-state index >= 15 is 0 Å². The zero-order valence-corrected chi connectivity index (χ0v) is 10.6. The Morgan fingerprint density at radius 2 is 1.67 bits per heavy atom. The van der Waals surface area contributed by atoms with Crippen LogP contribution < -0.4 is 21.5 Å². The average Bonchev–Trinajstić information content (AvgIpc) is 2.13. The van der Waals surface area contributed by atoms with E-state index < -0.39 is 10.1 Å². The lowest BCUT2D eigenvalue weighted by atomic mass is 10.3. The molecule has 0 saturated heterocycles. The molecule has 1 rings (SSSR count). The minimum atomic E-state index is -3.79. The second-order valence-corrected chi connectivity index (χ2v) is 4.68. The highest BCUT2D eigenvalue weighted by Gasteiger charge is 2.04. The molecule has 0 amide bonds. The number of halogens is 1. The largest absolute Gasteiger partial charge is 1.00 e. The van der Waals surface area contributed by atoms with Crippen molar-refractivity contribution in [1.29, 1.82) is 0 Å². The summed E-state index contributed by atoms with van der Waals surface area (Å²) in [5, 5.41) is 0. The van der Waals surface area contributed by atoms with E-state index in [1.165, 1.54) is 0 Å². The number of hydrogen-bond acceptors (Lipinski definition) is 2. The van der Waals surface area contributed by atoms with Crippen LogP contribution in [0, 0.1) is 0 Å². The zero-order valence-electron chi connectivity index (χ0n) is 8.21. The van der Waals surface area contributed by atoms with E-state index in [2.05, 4.69) is 0 Å². The molecule has 1 aromatic rings. The summed E-state index contributed by atoms with van der Waals surface area (Å²) in [5.41, 5.74) is 0. The van der Waals surface area contributed by atoms with E-state index in [4.69, 9.17) is 4.55 Å². The van der Waals surface area contributed by atoms with E-state index in [9.17, 15) is 8.42 Å². The molecule has 0 aromatic carbocycles. The van der Waals surface area contributed by atoms with Crippen LogP contribution in [-0.4, -0.2) is 18.7 Å². The van der Waals surface area contributed by atoms with E-state index in [-0.39, 0.29) is 22.7 Å². The lowest BCUT2D eigenvalue weighted by molar-refractivity contribution is -0.697. The Morgan fingerprint density at radius 1 is 1.07 bits per heavy atom. The Kier molecular flexibility index (Phi) is 6.71. The third kappa shape index (κ3) is 7.47. The van der Waals surface area contributed by atoms with Gasteiger partial charge in [-0.3, -0.25) is 4.55 Å². The van der Waals surface area contributed by atoms with Gasteiger partial charge in [0.05, 0.1) is 5.75 Å². The lowest BCUT2D eigenvalue weighted by Crippen LogP contribution is -3.00. The van der Waals surface area contributed by atoms with Gasteiger partial charge in [-0.1, -0.05) is 6.07 Å². The molecule has 0 saturated carbocycles. The van der Waals surface area contributed by atoms with Crippen LogP contribution in [0.25, 0.3) is 0 Å². The smallest absolute Gasteiger partial charge is 0.264 e. The maximum atomic E-state index is 10.4. The average molecular weight is 296 g/mol. The van der Waals surface area contributed by atoms with Crippen LogP contribution in [-0.2, 0) is 16.7 Å². The van der Waals surface area contributed by atoms with Gasteiger partial charge >= 0.3 is 0 Å². The van der Waals surface area contributed by atoms with Crippen molar-refractivity contribution in [1.82, 2.24) is 0 Å². The number of aryl methyl sites for hydroxylation is 1. The molecule has 0 radical (unpaired) electrons. The number of hydrogen-bond donors (Lipinski definition) is 1. The molecule has 1 heterocycles. The van der Waals surface area contributed by atoms with Crippen molar-refractivity contribution in [2.75, 3.05) is 5.75 Å². The number of aromatic nitrogens is 1. The number of unbranched alkanes of at least 4 members (excludes halogenated alkanes) is 1. The normalized spacial score (nSPS) is 10.7. The molecule has 0 unspecified atom stereocenters. The summed E-state index contributed by atoms with van der Waals surface area (Å²) in [6, 6.07) is 5.76. The van der Waals surface area contributed by atoms with Gasteiger partial charge in [-0.25, -0.2) is 4.57 Å². The number of rotatable bonds is 5. The highest BCUT2D eigenvalue weighted by atomic mass is 79.9. The van der Waals surface area contributed by atoms with E-state index in [0.717, 1.165) is 13.0 Å². The molecule has 0 fully saturated rings. The van der Waals surface area contributed by atoms with Crippen LogP contribution in [0.2, 0.25) is 0 Å². The van der Waals surface area contributed by atoms with Gasteiger partial charge in [0, 0.05) is 18.6 Å². The minimum absolute atomic E-state index is 0. The molecule has 0 aliphatic carbocycles. The molecule has 0 aliphatic rings. The fourth-order valence-corrected chi connectivity index (χ4v) is 1.73. The van der Waals surface area contributed by atoms with Gasteiger partial charge in [0.2, 0.25) is 0 Å². The predicted octanol–water partition coefficient (Wildman–Crippen LogP) is -2.35. The highest BCUT2D eigenvalue weighted by Crippen LogP contribution is 1.93. The summed E-state index contributed by atoms with van der Waals surface area (Å²) in [7, 11) is -3.79. The van der Waals surface area contributed by atoms with Crippen molar-refractivity contribution < 1.29 is 34.5 Å². The van der Waals surface area contributed by atoms with Gasteiger partial charge in [-0.05, 0) is 6.42 Å². The monoisotopic (exact) mass is 295 g/mol. The van der Waals surface area contributed by atoms with Crippen LogP contribution in [0.1, 0.15) is 12.8 Å². The first kappa shape index (κ1) is 14.5. The molecule has 0 spiro atoms. The Hall–Kier alpha value is -0.460. The second kappa shape index (κ2) is 6.92. The van der Waals surface area contributed by atoms with Gasteiger partial charge in [-0.2, -0.15) is 8.42 Å². The fraction of sp³-hybridized carbons (Fsp3) is 0.444. The Morgan fingerprint density at radius 3 is 2.20 bits per heavy atom. The van der Waals surface area contributed by atoms with Crippen LogP contribution in [0.5, 0.6) is 0 Å². The van der Waals surface area contributed by atoms with Gasteiger partial charge in [0.1, 0.15) is 6.54 Å². The number of nitrogens with zero attached hydrogens (tertiary/aromatic N) is 1. The topological polar surface area (TPSA) is 58.3 Å². The second-order valence-electron chi connectivity index (χ2n) is 3.11. The third-order valence-corrected chi connectivity index (χ3v) is 2.65. The van der Waals surface area contributed by atoms with Crippen molar-refractivity contribution >= 4 is 10.1 Å². The van der Waals surface area contributed by atoms with Gasteiger partial charge in [0.15, 0.2) is 12.4 Å². The highest BCUT2D eigenvalue weighted by molar-refractivity contribution is 7.85. The van der Waals surface area contributed by atoms with Crippen molar-refractivity contribution in [3.63, 3.8) is 0 Å². The van der Waals surface area contributed by atoms with Gasteiger partial charge in [0.25, 0.3) is 10.1 Å². The van der Waals surface area contributed by atoms with Crippen molar-refractivity contribution in [3.8, 4) is 0 Å². The van der Waals surface area contributed by atoms with Crippen LogP contribution in [0.15, 0.2) is 30.6 Å². The molecule has 0 atom stereocenters. The van der Waals surface area contributed by atoms with Crippen molar-refractivity contribution in [2.24, 2.45) is 0 Å². The Balaban J connectivity index is 0.00000196. The quantitative estimate of drug-likeness (QED) is 0.376. The first-order chi connectivity index (χ1) is 6.58. The van der Waals surface area contributed by atoms with Gasteiger partial charge < -0.3 is 17.0 Å². The first-order valence-electron chi connectivity index (χ1n) is 4.47. The SMILES string of the molecule is O=S(=O)(O)CCCC[n+]1ccccc1.[Br-]. The molecule has 15 heavy (non-hydrogen) atoms. The van der Waals surface area contributed by atoms with E-state index in [0.29, 0.717) is 6.42 Å². The Labute approximate surface area is 100 Å². The molecular formula is C9H14BrNO3S. The minimum Gasteiger partial charge on any atom is -1.00 e. The molecule has 0 bridgehead atoms. The fourth-order valence-electron chi connectivity index (χ4n) is 1.16. The maximum Gasteiger partial charge on any atom is 0.264 e. The molecule has 0 aliphatic heterocycles. The summed E-state index contributed by atoms with van der Waals surface area (Å²) in [5.74, 6) is -0.152. The molecule has 86 valence electrons. The van der Waals surface area contributed by atoms with Crippen molar-refractivity contribution in [2.45, 2.75) is 19.4 Å². The molecule has 6 heteroatoms. The number of pyridine rings is 1. The van der Waals surface area contributed by atoms with Crippen LogP contribution in [0.3, 0.4) is 0 Å². The van der Waals surface area contributed by atoms with Crippen LogP contribution >= 0.6 is 0 Å². The Bertz CT molecular complexity index is 366. The summed E-state index contributed by atoms with van der Waals surface area (Å²) < 4.78 is 31.2. The third-order valence-electron chi connectivity index (χ3n) is 1.85. The predicted molar refractivity (Wildman–Crippen MR) is 52.3 cm³/mol. The zero-order chi connectivity index (χ0) is 10.4. The molecule has 4 nitrogen and oxygen atoms in total. The van der Waals surface area contributed by atoms with Crippen molar-refractivity contribution in [3.05, 3.63) is 30.6 Å². The molecule has 1 aromatic heterocycles. The van der Waals surface area contributed by atoms with E-state index in [1.54, 1.807) is 0 Å². The maximum absolute atomic E-state index is 10.4. The summed E-state index contributed by atoms with van der Waals surface area (Å²) in [6.07, 6.45) is 5.08. The first-order valence-corrected chi connectivity index (χ1v) is 6.08.